The summed E-state index contributed by atoms with van der Waals surface area (Å²) >= 11 is 5.32. The maximum atomic E-state index is 12.1. The van der Waals surface area contributed by atoms with E-state index >= 15 is 0 Å². The Labute approximate surface area is 123 Å². The lowest BCUT2D eigenvalue weighted by Gasteiger charge is -2.08. The summed E-state index contributed by atoms with van der Waals surface area (Å²) in [5, 5.41) is 4.14. The van der Waals surface area contributed by atoms with Crippen molar-refractivity contribution in [1.82, 2.24) is 10.3 Å². The Morgan fingerprint density at radius 2 is 1.90 bits per heavy atom. The molecular formula is C12H11ClF3N3O2. The molecule has 1 aliphatic heterocycles. The van der Waals surface area contributed by atoms with Crippen molar-refractivity contribution in [3.8, 4) is 0 Å². The van der Waals surface area contributed by atoms with Gasteiger partial charge in [0, 0.05) is 18.7 Å². The maximum absolute atomic E-state index is 12.1. The molecule has 0 radical (unpaired) electrons. The molecule has 0 fully saturated rings. The third kappa shape index (κ3) is 4.75. The van der Waals surface area contributed by atoms with Gasteiger partial charge in [0.15, 0.2) is 0 Å². The molecule has 9 heteroatoms. The lowest BCUT2D eigenvalue weighted by Crippen LogP contribution is -2.21. The maximum Gasteiger partial charge on any atom is 0.419 e. The summed E-state index contributed by atoms with van der Waals surface area (Å²) in [7, 11) is 1.55. The molecule has 1 aromatic heterocycles. The largest absolute Gasteiger partial charge is 0.419 e. The second kappa shape index (κ2) is 6.57. The highest BCUT2D eigenvalue weighted by molar-refractivity contribution is 6.30. The average Bonchev–Trinajstić information content (AvgIpc) is 2.65. The molecule has 1 aromatic rings. The number of imide groups is 1. The van der Waals surface area contributed by atoms with Crippen molar-refractivity contribution in [1.29, 1.82) is 0 Å². The highest BCUT2D eigenvalue weighted by Gasteiger charge is 2.33. The predicted octanol–water partition coefficient (Wildman–Crippen LogP) is 2.38. The Hall–Kier alpha value is -2.09. The summed E-state index contributed by atoms with van der Waals surface area (Å²) in [5.74, 6) is -0.291. The number of amides is 2. The first-order valence-electron chi connectivity index (χ1n) is 5.60. The van der Waals surface area contributed by atoms with Gasteiger partial charge in [-0.05, 0) is 19.1 Å². The van der Waals surface area contributed by atoms with Crippen LogP contribution < -0.4 is 10.6 Å². The Morgan fingerprint density at radius 3 is 2.19 bits per heavy atom. The summed E-state index contributed by atoms with van der Waals surface area (Å²) < 4.78 is 36.4. The second-order valence-electron chi connectivity index (χ2n) is 3.93. The van der Waals surface area contributed by atoms with Gasteiger partial charge in [-0.3, -0.25) is 14.9 Å². The van der Waals surface area contributed by atoms with Gasteiger partial charge in [-0.1, -0.05) is 11.6 Å². The molecule has 5 nitrogen and oxygen atoms in total. The summed E-state index contributed by atoms with van der Waals surface area (Å²) in [5.41, 5.74) is -0.442. The molecule has 2 N–H and O–H groups in total. The quantitative estimate of drug-likeness (QED) is 0.615. The van der Waals surface area contributed by atoms with Crippen LogP contribution in [-0.2, 0) is 15.8 Å². The monoisotopic (exact) mass is 321 g/mol. The zero-order valence-electron chi connectivity index (χ0n) is 11.0. The lowest BCUT2D eigenvalue weighted by molar-refractivity contribution is -0.137. The Balaban J connectivity index is 0.000000235. The molecular weight excluding hydrogens is 311 g/mol. The molecule has 1 aliphatic rings. The van der Waals surface area contributed by atoms with Crippen molar-refractivity contribution < 1.29 is 22.8 Å². The molecule has 114 valence electrons. The van der Waals surface area contributed by atoms with Crippen LogP contribution >= 0.6 is 11.6 Å². The van der Waals surface area contributed by atoms with E-state index in [-0.39, 0.29) is 11.8 Å². The average molecular weight is 322 g/mol. The van der Waals surface area contributed by atoms with E-state index < -0.39 is 16.9 Å². The molecule has 0 bridgehead atoms. The van der Waals surface area contributed by atoms with Crippen LogP contribution in [0, 0.1) is 0 Å². The Morgan fingerprint density at radius 1 is 1.29 bits per heavy atom. The molecule has 2 amide bonds. The highest BCUT2D eigenvalue weighted by Crippen LogP contribution is 2.33. The molecule has 2 rings (SSSR count). The van der Waals surface area contributed by atoms with Gasteiger partial charge in [0.05, 0.1) is 5.56 Å². The van der Waals surface area contributed by atoms with Gasteiger partial charge in [0.1, 0.15) is 11.0 Å². The van der Waals surface area contributed by atoms with Crippen molar-refractivity contribution in [2.24, 2.45) is 0 Å². The lowest BCUT2D eigenvalue weighted by atomic mass is 10.3. The number of rotatable bonds is 1. The van der Waals surface area contributed by atoms with Crippen molar-refractivity contribution in [2.75, 3.05) is 12.4 Å². The van der Waals surface area contributed by atoms with Crippen molar-refractivity contribution in [3.05, 3.63) is 34.5 Å². The number of nitrogens with zero attached hydrogens (tertiary/aromatic N) is 1. The summed E-state index contributed by atoms with van der Waals surface area (Å²) in [6.45, 7) is 1.60. The number of aromatic nitrogens is 1. The van der Waals surface area contributed by atoms with E-state index in [0.29, 0.717) is 11.4 Å². The fourth-order valence-corrected chi connectivity index (χ4v) is 1.55. The van der Waals surface area contributed by atoms with Crippen LogP contribution in [0.15, 0.2) is 23.8 Å². The fraction of sp³-hybridized carbons (Fsp3) is 0.250. The normalized spacial score (nSPS) is 14.1. The van der Waals surface area contributed by atoms with Crippen LogP contribution in [-0.4, -0.2) is 23.8 Å². The van der Waals surface area contributed by atoms with Gasteiger partial charge in [0.25, 0.3) is 11.8 Å². The third-order valence-electron chi connectivity index (χ3n) is 2.35. The number of carbonyl (C=O) groups is 2. The number of halogens is 4. The highest BCUT2D eigenvalue weighted by atomic mass is 35.5. The van der Waals surface area contributed by atoms with E-state index in [1.165, 1.54) is 12.1 Å². The zero-order valence-corrected chi connectivity index (χ0v) is 11.8. The number of anilines is 1. The summed E-state index contributed by atoms with van der Waals surface area (Å²) in [6, 6.07) is 2.11. The van der Waals surface area contributed by atoms with Gasteiger partial charge in [-0.15, -0.1) is 0 Å². The summed E-state index contributed by atoms with van der Waals surface area (Å²) in [6.07, 6.45) is -3.17. The van der Waals surface area contributed by atoms with E-state index in [9.17, 15) is 22.8 Å². The molecule has 0 unspecified atom stereocenters. The first-order valence-corrected chi connectivity index (χ1v) is 5.98. The van der Waals surface area contributed by atoms with Crippen molar-refractivity contribution in [2.45, 2.75) is 13.1 Å². The SMILES string of the molecule is CC1=CC(=O)NC1=O.CNc1ccc(C(F)(F)F)c(Cl)n1. The van der Waals surface area contributed by atoms with Gasteiger partial charge >= 0.3 is 6.18 Å². The first-order chi connectivity index (χ1) is 9.65. The van der Waals surface area contributed by atoms with Gasteiger partial charge < -0.3 is 5.32 Å². The number of hydrogen-bond donors (Lipinski definition) is 2. The van der Waals surface area contributed by atoms with Gasteiger partial charge in [0.2, 0.25) is 0 Å². The number of pyridine rings is 1. The van der Waals surface area contributed by atoms with E-state index in [4.69, 9.17) is 11.6 Å². The molecule has 0 saturated carbocycles. The molecule has 0 spiro atoms. The Bertz CT molecular complexity index is 600. The molecule has 21 heavy (non-hydrogen) atoms. The number of nitrogens with one attached hydrogen (secondary N) is 2. The molecule has 0 aromatic carbocycles. The Kier molecular flexibility index (Phi) is 5.31. The van der Waals surface area contributed by atoms with Crippen molar-refractivity contribution in [3.63, 3.8) is 0 Å². The van der Waals surface area contributed by atoms with Crippen molar-refractivity contribution >= 4 is 29.2 Å². The summed E-state index contributed by atoms with van der Waals surface area (Å²) in [4.78, 5) is 24.1. The van der Waals surface area contributed by atoms with Crippen LogP contribution in [0.5, 0.6) is 0 Å². The van der Waals surface area contributed by atoms with Crippen LogP contribution in [0.1, 0.15) is 12.5 Å². The standard InChI is InChI=1S/C7H6ClF3N2.C5H5NO2/c1-12-5-3-2-4(6(8)13-5)7(9,10)11;1-3-2-4(7)6-5(3)8/h2-3H,1H3,(H,12,13);2H,1H3,(H,6,7,8). The smallest absolute Gasteiger partial charge is 0.373 e. The first kappa shape index (κ1) is 17.0. The topological polar surface area (TPSA) is 71.1 Å². The molecule has 2 heterocycles. The predicted molar refractivity (Wildman–Crippen MR) is 70.7 cm³/mol. The van der Waals surface area contributed by atoms with Crippen LogP contribution in [0.4, 0.5) is 19.0 Å². The van der Waals surface area contributed by atoms with Crippen LogP contribution in [0.25, 0.3) is 0 Å². The minimum absolute atomic E-state index is 0.282. The second-order valence-corrected chi connectivity index (χ2v) is 4.29. The minimum Gasteiger partial charge on any atom is -0.373 e. The molecule has 0 saturated heterocycles. The van der Waals surface area contributed by atoms with E-state index in [0.717, 1.165) is 6.07 Å². The molecule has 0 atom stereocenters. The minimum atomic E-state index is -4.45. The number of carbonyl (C=O) groups excluding carboxylic acids is 2. The van der Waals surface area contributed by atoms with Gasteiger partial charge in [-0.2, -0.15) is 13.2 Å². The molecule has 0 aliphatic carbocycles. The zero-order chi connectivity index (χ0) is 16.2. The van der Waals surface area contributed by atoms with E-state index in [1.807, 2.05) is 0 Å². The number of alkyl halides is 3. The van der Waals surface area contributed by atoms with Gasteiger partial charge in [-0.25, -0.2) is 4.98 Å². The number of hydrogen-bond acceptors (Lipinski definition) is 4. The fourth-order valence-electron chi connectivity index (χ4n) is 1.29. The van der Waals surface area contributed by atoms with E-state index in [1.54, 1.807) is 14.0 Å². The van der Waals surface area contributed by atoms with Crippen LogP contribution in [0.2, 0.25) is 5.15 Å². The van der Waals surface area contributed by atoms with Crippen LogP contribution in [0.3, 0.4) is 0 Å². The third-order valence-corrected chi connectivity index (χ3v) is 2.64. The van der Waals surface area contributed by atoms with E-state index in [2.05, 4.69) is 15.6 Å².